The average Bonchev–Trinajstić information content (AvgIpc) is 2.61. The molecule has 1 amide bonds. The number of hydrogen-bond acceptors (Lipinski definition) is 3. The molecule has 6 nitrogen and oxygen atoms in total. The Labute approximate surface area is 85.9 Å². The summed E-state index contributed by atoms with van der Waals surface area (Å²) in [6.07, 6.45) is 1.93. The Morgan fingerprint density at radius 2 is 2.40 bits per heavy atom. The van der Waals surface area contributed by atoms with E-state index in [9.17, 15) is 9.59 Å². The number of carboxylic acids is 1. The highest BCUT2D eigenvalue weighted by molar-refractivity contribution is 5.83. The van der Waals surface area contributed by atoms with Crippen LogP contribution in [0.1, 0.15) is 18.2 Å². The number of carbonyl (C=O) groups is 2. The van der Waals surface area contributed by atoms with Gasteiger partial charge in [-0.15, -0.1) is 0 Å². The van der Waals surface area contributed by atoms with Gasteiger partial charge in [0.05, 0.1) is 18.4 Å². The minimum atomic E-state index is -0.975. The fourth-order valence-corrected chi connectivity index (χ4v) is 1.80. The van der Waals surface area contributed by atoms with Crippen molar-refractivity contribution < 1.29 is 14.7 Å². The second-order valence-electron chi connectivity index (χ2n) is 3.58. The van der Waals surface area contributed by atoms with Gasteiger partial charge in [-0.25, -0.2) is 4.79 Å². The number of carboxylic acid groups (broad SMARTS) is 1. The van der Waals surface area contributed by atoms with Gasteiger partial charge in [-0.3, -0.25) is 9.89 Å². The highest BCUT2D eigenvalue weighted by atomic mass is 16.4. The van der Waals surface area contributed by atoms with Crippen LogP contribution in [0.15, 0.2) is 6.20 Å². The number of nitrogens with zero attached hydrogens (tertiary/aromatic N) is 2. The van der Waals surface area contributed by atoms with Crippen molar-refractivity contribution in [3.8, 4) is 0 Å². The largest absolute Gasteiger partial charge is 0.480 e. The molecule has 0 spiro atoms. The van der Waals surface area contributed by atoms with E-state index < -0.39 is 12.0 Å². The Bertz CT molecular complexity index is 376. The number of H-pyrrole nitrogens is 1. The van der Waals surface area contributed by atoms with Gasteiger partial charge in [0.25, 0.3) is 0 Å². The fourth-order valence-electron chi connectivity index (χ4n) is 1.80. The van der Waals surface area contributed by atoms with Gasteiger partial charge in [-0.2, -0.15) is 5.10 Å². The molecule has 0 bridgehead atoms. The summed E-state index contributed by atoms with van der Waals surface area (Å²) < 4.78 is 0. The molecule has 80 valence electrons. The summed E-state index contributed by atoms with van der Waals surface area (Å²) in [4.78, 5) is 23.6. The Hall–Kier alpha value is -1.85. The number of aromatic amines is 1. The number of fused-ring (bicyclic) bond motifs is 1. The number of carbonyl (C=O) groups excluding carboxylic acids is 1. The number of aromatic nitrogens is 2. The van der Waals surface area contributed by atoms with Crippen LogP contribution >= 0.6 is 0 Å². The van der Waals surface area contributed by atoms with Crippen molar-refractivity contribution in [2.75, 3.05) is 0 Å². The van der Waals surface area contributed by atoms with Crippen molar-refractivity contribution in [3.05, 3.63) is 17.5 Å². The van der Waals surface area contributed by atoms with E-state index in [0.29, 0.717) is 13.0 Å². The molecule has 1 aliphatic heterocycles. The van der Waals surface area contributed by atoms with Crippen molar-refractivity contribution in [2.45, 2.75) is 25.9 Å². The topological polar surface area (TPSA) is 86.3 Å². The molecule has 2 rings (SSSR count). The zero-order valence-corrected chi connectivity index (χ0v) is 8.23. The van der Waals surface area contributed by atoms with Gasteiger partial charge in [-0.05, 0) is 5.56 Å². The minimum Gasteiger partial charge on any atom is -0.480 e. The lowest BCUT2D eigenvalue weighted by molar-refractivity contribution is -0.150. The summed E-state index contributed by atoms with van der Waals surface area (Å²) in [6, 6.07) is -0.771. The van der Waals surface area contributed by atoms with E-state index in [1.54, 1.807) is 6.20 Å². The van der Waals surface area contributed by atoms with Crippen LogP contribution in [0.5, 0.6) is 0 Å². The quantitative estimate of drug-likeness (QED) is 0.668. The van der Waals surface area contributed by atoms with Gasteiger partial charge >= 0.3 is 5.97 Å². The van der Waals surface area contributed by atoms with Crippen molar-refractivity contribution in [2.24, 2.45) is 0 Å². The van der Waals surface area contributed by atoms with Crippen LogP contribution in [0.4, 0.5) is 0 Å². The maximum absolute atomic E-state index is 11.3. The van der Waals surface area contributed by atoms with Crippen molar-refractivity contribution in [1.29, 1.82) is 0 Å². The van der Waals surface area contributed by atoms with E-state index in [1.807, 2.05) is 0 Å². The van der Waals surface area contributed by atoms with E-state index in [4.69, 9.17) is 5.11 Å². The Kier molecular flexibility index (Phi) is 2.18. The average molecular weight is 209 g/mol. The predicted molar refractivity (Wildman–Crippen MR) is 49.9 cm³/mol. The van der Waals surface area contributed by atoms with Crippen LogP contribution in [-0.2, 0) is 22.6 Å². The Morgan fingerprint density at radius 3 is 3.00 bits per heavy atom. The van der Waals surface area contributed by atoms with Crippen molar-refractivity contribution >= 4 is 11.9 Å². The predicted octanol–water partition coefficient (Wildman–Crippen LogP) is -0.233. The Balaban J connectivity index is 2.33. The summed E-state index contributed by atoms with van der Waals surface area (Å²) in [5, 5.41) is 15.6. The van der Waals surface area contributed by atoms with E-state index in [1.165, 1.54) is 11.8 Å². The molecule has 1 aliphatic rings. The second-order valence-corrected chi connectivity index (χ2v) is 3.58. The molecule has 1 aromatic rings. The first-order chi connectivity index (χ1) is 7.09. The molecule has 6 heteroatoms. The van der Waals surface area contributed by atoms with Crippen LogP contribution in [0.3, 0.4) is 0 Å². The van der Waals surface area contributed by atoms with Crippen LogP contribution in [0.2, 0.25) is 0 Å². The van der Waals surface area contributed by atoms with Gasteiger partial charge in [0.15, 0.2) is 0 Å². The molecule has 1 atom stereocenters. The summed E-state index contributed by atoms with van der Waals surface area (Å²) in [6.45, 7) is 1.67. The first-order valence-corrected chi connectivity index (χ1v) is 4.60. The van der Waals surface area contributed by atoms with E-state index in [0.717, 1.165) is 11.3 Å². The number of amides is 1. The van der Waals surface area contributed by atoms with Gasteiger partial charge in [0.2, 0.25) is 5.91 Å². The SMILES string of the molecule is CC(=O)N1Cc2[nH]ncc2CC1C(=O)O. The third kappa shape index (κ3) is 1.58. The molecule has 0 aromatic carbocycles. The number of aliphatic carboxylic acids is 1. The summed E-state index contributed by atoms with van der Waals surface area (Å²) in [7, 11) is 0. The molecular weight excluding hydrogens is 198 g/mol. The Morgan fingerprint density at radius 1 is 1.67 bits per heavy atom. The maximum atomic E-state index is 11.3. The van der Waals surface area contributed by atoms with Gasteiger partial charge in [-0.1, -0.05) is 0 Å². The van der Waals surface area contributed by atoms with Crippen LogP contribution in [0, 0.1) is 0 Å². The molecule has 0 fully saturated rings. The molecule has 1 aromatic heterocycles. The van der Waals surface area contributed by atoms with E-state index in [-0.39, 0.29) is 5.91 Å². The summed E-state index contributed by atoms with van der Waals surface area (Å²) >= 11 is 0. The van der Waals surface area contributed by atoms with Crippen LogP contribution in [-0.4, -0.2) is 38.1 Å². The maximum Gasteiger partial charge on any atom is 0.326 e. The van der Waals surface area contributed by atoms with E-state index >= 15 is 0 Å². The first kappa shape index (κ1) is 9.70. The fraction of sp³-hybridized carbons (Fsp3) is 0.444. The molecular formula is C9H11N3O3. The van der Waals surface area contributed by atoms with E-state index in [2.05, 4.69) is 10.2 Å². The highest BCUT2D eigenvalue weighted by Gasteiger charge is 2.33. The molecule has 15 heavy (non-hydrogen) atoms. The minimum absolute atomic E-state index is 0.234. The molecule has 0 saturated carbocycles. The van der Waals surface area contributed by atoms with Gasteiger partial charge < -0.3 is 10.0 Å². The standard InChI is InChI=1S/C9H11N3O3/c1-5(13)12-4-7-6(3-10-11-7)2-8(12)9(14)15/h3,8H,2,4H2,1H3,(H,10,11)(H,14,15). The molecule has 2 heterocycles. The summed E-state index contributed by atoms with van der Waals surface area (Å²) in [5.41, 5.74) is 1.70. The zero-order chi connectivity index (χ0) is 11.0. The third-order valence-corrected chi connectivity index (χ3v) is 2.61. The van der Waals surface area contributed by atoms with Gasteiger partial charge in [0, 0.05) is 13.3 Å². The van der Waals surface area contributed by atoms with Crippen molar-refractivity contribution in [3.63, 3.8) is 0 Å². The molecule has 0 radical (unpaired) electrons. The number of rotatable bonds is 1. The molecule has 1 unspecified atom stereocenters. The lowest BCUT2D eigenvalue weighted by Crippen LogP contribution is -2.47. The highest BCUT2D eigenvalue weighted by Crippen LogP contribution is 2.21. The monoisotopic (exact) mass is 209 g/mol. The lowest BCUT2D eigenvalue weighted by atomic mass is 10.00. The van der Waals surface area contributed by atoms with Crippen LogP contribution in [0.25, 0.3) is 0 Å². The molecule has 0 saturated heterocycles. The smallest absolute Gasteiger partial charge is 0.326 e. The third-order valence-electron chi connectivity index (χ3n) is 2.61. The zero-order valence-electron chi connectivity index (χ0n) is 8.23. The molecule has 0 aliphatic carbocycles. The van der Waals surface area contributed by atoms with Gasteiger partial charge in [0.1, 0.15) is 6.04 Å². The van der Waals surface area contributed by atoms with Crippen LogP contribution < -0.4 is 0 Å². The number of hydrogen-bond donors (Lipinski definition) is 2. The second kappa shape index (κ2) is 3.38. The van der Waals surface area contributed by atoms with Crippen molar-refractivity contribution in [1.82, 2.24) is 15.1 Å². The molecule has 2 N–H and O–H groups in total. The lowest BCUT2D eigenvalue weighted by Gasteiger charge is -2.31. The number of nitrogens with one attached hydrogen (secondary N) is 1. The summed E-state index contributed by atoms with van der Waals surface area (Å²) in [5.74, 6) is -1.21. The normalized spacial score (nSPS) is 19.8. The first-order valence-electron chi connectivity index (χ1n) is 4.60.